The first kappa shape index (κ1) is 6.49. The molecule has 0 spiro atoms. The molecule has 1 N–H and O–H groups in total. The Balaban J connectivity index is 2.43. The van der Waals surface area contributed by atoms with Crippen molar-refractivity contribution in [3.8, 4) is 0 Å². The van der Waals surface area contributed by atoms with Crippen LogP contribution in [0.15, 0.2) is 11.8 Å². The molecule has 46 valence electrons. The van der Waals surface area contributed by atoms with E-state index in [4.69, 9.17) is 0 Å². The van der Waals surface area contributed by atoms with Crippen LogP contribution < -0.4 is 5.32 Å². The molecule has 2 atom stereocenters. The lowest BCUT2D eigenvalue weighted by Crippen LogP contribution is -2.39. The molecule has 1 rings (SSSR count). The first-order valence-electron chi connectivity index (χ1n) is 2.46. The van der Waals surface area contributed by atoms with Gasteiger partial charge in [-0.25, -0.2) is 0 Å². The summed E-state index contributed by atoms with van der Waals surface area (Å²) in [6, 6.07) is 0.443. The van der Waals surface area contributed by atoms with Crippen molar-refractivity contribution in [2.45, 2.75) is 17.1 Å². The highest BCUT2D eigenvalue weighted by molar-refractivity contribution is 9.11. The van der Waals surface area contributed by atoms with Crippen molar-refractivity contribution in [2.24, 2.45) is 0 Å². The number of hydrogen-bond acceptors (Lipinski definition) is 2. The maximum absolute atomic E-state index is 4.20. The van der Waals surface area contributed by atoms with Crippen molar-refractivity contribution in [3.63, 3.8) is 0 Å². The third-order valence-corrected chi connectivity index (χ3v) is 2.08. The quantitative estimate of drug-likeness (QED) is 0.476. The lowest BCUT2D eigenvalue weighted by Gasteiger charge is -2.28. The molecule has 0 amide bonds. The molecule has 1 nitrogen and oxygen atoms in total. The SMILES string of the molecule is CC1=CNC1C(S)Br. The molecule has 0 aromatic rings. The molecular formula is C5H8BrNS. The fraction of sp³-hybridized carbons (Fsp3) is 0.600. The molecule has 2 unspecified atom stereocenters. The number of halogens is 1. The van der Waals surface area contributed by atoms with Gasteiger partial charge in [0.25, 0.3) is 0 Å². The van der Waals surface area contributed by atoms with Gasteiger partial charge in [-0.2, -0.15) is 12.6 Å². The highest BCUT2D eigenvalue weighted by atomic mass is 79.9. The molecule has 0 radical (unpaired) electrons. The van der Waals surface area contributed by atoms with Gasteiger partial charge in [-0.1, -0.05) is 15.9 Å². The van der Waals surface area contributed by atoms with Gasteiger partial charge in [0.05, 0.1) is 10.2 Å². The van der Waals surface area contributed by atoms with Crippen LogP contribution in [-0.2, 0) is 0 Å². The lowest BCUT2D eigenvalue weighted by atomic mass is 10.1. The normalized spacial score (nSPS) is 29.9. The minimum absolute atomic E-state index is 0.257. The molecule has 0 aromatic carbocycles. The summed E-state index contributed by atoms with van der Waals surface area (Å²) in [5, 5.41) is 3.11. The van der Waals surface area contributed by atoms with Crippen molar-refractivity contribution in [1.82, 2.24) is 5.32 Å². The topological polar surface area (TPSA) is 12.0 Å². The minimum atomic E-state index is 0.257. The largest absolute Gasteiger partial charge is 0.382 e. The van der Waals surface area contributed by atoms with E-state index in [0.29, 0.717) is 6.04 Å². The molecule has 3 heteroatoms. The Morgan fingerprint density at radius 1 is 2.00 bits per heavy atom. The monoisotopic (exact) mass is 193 g/mol. The summed E-state index contributed by atoms with van der Waals surface area (Å²) < 4.78 is 0.257. The van der Waals surface area contributed by atoms with E-state index in [9.17, 15) is 0 Å². The van der Waals surface area contributed by atoms with E-state index in [-0.39, 0.29) is 4.16 Å². The molecule has 0 aromatic heterocycles. The maximum atomic E-state index is 4.20. The lowest BCUT2D eigenvalue weighted by molar-refractivity contribution is 0.644. The van der Waals surface area contributed by atoms with Crippen LogP contribution in [0.5, 0.6) is 0 Å². The van der Waals surface area contributed by atoms with E-state index >= 15 is 0 Å². The summed E-state index contributed by atoms with van der Waals surface area (Å²) in [5.41, 5.74) is 1.36. The first-order valence-corrected chi connectivity index (χ1v) is 3.90. The molecule has 1 heterocycles. The van der Waals surface area contributed by atoms with E-state index in [0.717, 1.165) is 0 Å². The highest BCUT2D eigenvalue weighted by Crippen LogP contribution is 2.21. The standard InChI is InChI=1S/C5H8BrNS/c1-3-2-7-4(3)5(6)8/h2,4-5,7-8H,1H3. The zero-order valence-electron chi connectivity index (χ0n) is 4.56. The second kappa shape index (κ2) is 2.31. The average molecular weight is 194 g/mol. The van der Waals surface area contributed by atoms with Gasteiger partial charge in [-0.05, 0) is 18.7 Å². The zero-order valence-corrected chi connectivity index (χ0v) is 7.04. The third-order valence-electron chi connectivity index (χ3n) is 1.26. The van der Waals surface area contributed by atoms with Crippen molar-refractivity contribution in [3.05, 3.63) is 11.8 Å². The van der Waals surface area contributed by atoms with Crippen molar-refractivity contribution in [1.29, 1.82) is 0 Å². The molecular weight excluding hydrogens is 186 g/mol. The molecule has 0 aliphatic carbocycles. The van der Waals surface area contributed by atoms with Crippen LogP contribution >= 0.6 is 28.6 Å². The molecule has 1 aliphatic rings. The Morgan fingerprint density at radius 3 is 2.62 bits per heavy atom. The van der Waals surface area contributed by atoms with Crippen LogP contribution in [-0.4, -0.2) is 10.2 Å². The molecule has 1 aliphatic heterocycles. The van der Waals surface area contributed by atoms with Crippen LogP contribution in [0.25, 0.3) is 0 Å². The summed E-state index contributed by atoms with van der Waals surface area (Å²) in [4.78, 5) is 0. The molecule has 0 saturated heterocycles. The Labute approximate surface area is 63.1 Å². The predicted octanol–water partition coefficient (Wildman–Crippen LogP) is 1.51. The van der Waals surface area contributed by atoms with Gasteiger partial charge in [0.15, 0.2) is 0 Å². The van der Waals surface area contributed by atoms with Gasteiger partial charge in [-0.3, -0.25) is 0 Å². The number of nitrogens with one attached hydrogen (secondary N) is 1. The number of alkyl halides is 1. The molecule has 0 fully saturated rings. The summed E-state index contributed by atoms with van der Waals surface area (Å²) in [6.07, 6.45) is 2.00. The van der Waals surface area contributed by atoms with Crippen LogP contribution in [0, 0.1) is 0 Å². The molecule has 0 bridgehead atoms. The summed E-state index contributed by atoms with van der Waals surface area (Å²) >= 11 is 7.55. The number of thiol groups is 1. The smallest absolute Gasteiger partial charge is 0.0810 e. The third kappa shape index (κ3) is 1.03. The Kier molecular flexibility index (Phi) is 1.88. The predicted molar refractivity (Wildman–Crippen MR) is 42.4 cm³/mol. The van der Waals surface area contributed by atoms with Gasteiger partial charge in [0.1, 0.15) is 0 Å². The van der Waals surface area contributed by atoms with Crippen LogP contribution in [0.3, 0.4) is 0 Å². The molecule has 0 saturated carbocycles. The van der Waals surface area contributed by atoms with Gasteiger partial charge in [0.2, 0.25) is 0 Å². The van der Waals surface area contributed by atoms with E-state index in [1.807, 2.05) is 6.20 Å². The van der Waals surface area contributed by atoms with E-state index in [2.05, 4.69) is 40.8 Å². The van der Waals surface area contributed by atoms with E-state index in [1.54, 1.807) is 0 Å². The van der Waals surface area contributed by atoms with E-state index in [1.165, 1.54) is 5.57 Å². The zero-order chi connectivity index (χ0) is 6.15. The Hall–Kier alpha value is 0.370. The number of hydrogen-bond donors (Lipinski definition) is 2. The van der Waals surface area contributed by atoms with Crippen LogP contribution in [0.4, 0.5) is 0 Å². The Bertz CT molecular complexity index is 122. The second-order valence-electron chi connectivity index (χ2n) is 1.91. The highest BCUT2D eigenvalue weighted by Gasteiger charge is 2.21. The maximum Gasteiger partial charge on any atom is 0.0810 e. The van der Waals surface area contributed by atoms with Crippen molar-refractivity contribution < 1.29 is 0 Å². The number of rotatable bonds is 1. The average Bonchev–Trinajstić information content (AvgIpc) is 1.61. The van der Waals surface area contributed by atoms with Gasteiger partial charge in [-0.15, -0.1) is 0 Å². The van der Waals surface area contributed by atoms with Gasteiger partial charge >= 0.3 is 0 Å². The summed E-state index contributed by atoms with van der Waals surface area (Å²) in [7, 11) is 0. The Morgan fingerprint density at radius 2 is 2.62 bits per heavy atom. The summed E-state index contributed by atoms with van der Waals surface area (Å²) in [5.74, 6) is 0. The van der Waals surface area contributed by atoms with Gasteiger partial charge < -0.3 is 5.32 Å². The fourth-order valence-electron chi connectivity index (χ4n) is 0.643. The van der Waals surface area contributed by atoms with E-state index < -0.39 is 0 Å². The van der Waals surface area contributed by atoms with Gasteiger partial charge in [0, 0.05) is 0 Å². The molecule has 8 heavy (non-hydrogen) atoms. The van der Waals surface area contributed by atoms with Crippen LogP contribution in [0.1, 0.15) is 6.92 Å². The second-order valence-corrected chi connectivity index (χ2v) is 4.16. The van der Waals surface area contributed by atoms with Crippen LogP contribution in [0.2, 0.25) is 0 Å². The summed E-state index contributed by atoms with van der Waals surface area (Å²) in [6.45, 7) is 2.09. The van der Waals surface area contributed by atoms with Crippen molar-refractivity contribution in [2.75, 3.05) is 0 Å². The fourth-order valence-corrected chi connectivity index (χ4v) is 1.53. The van der Waals surface area contributed by atoms with Crippen molar-refractivity contribution >= 4 is 28.6 Å². The minimum Gasteiger partial charge on any atom is -0.382 e. The first-order chi connectivity index (χ1) is 3.72.